The fraction of sp³-hybridized carbons (Fsp3) is 1.00. The van der Waals surface area contributed by atoms with Gasteiger partial charge in [-0.1, -0.05) is 20.3 Å². The van der Waals surface area contributed by atoms with Crippen molar-refractivity contribution in [2.75, 3.05) is 19.8 Å². The van der Waals surface area contributed by atoms with Crippen LogP contribution >= 0.6 is 0 Å². The van der Waals surface area contributed by atoms with Crippen LogP contribution in [0.15, 0.2) is 0 Å². The summed E-state index contributed by atoms with van der Waals surface area (Å²) in [5.74, 6) is 0.675. The van der Waals surface area contributed by atoms with Crippen molar-refractivity contribution in [2.45, 2.75) is 58.2 Å². The van der Waals surface area contributed by atoms with Crippen molar-refractivity contribution in [1.29, 1.82) is 0 Å². The smallest absolute Gasteiger partial charge is 0.0837 e. The lowest BCUT2D eigenvalue weighted by molar-refractivity contribution is -0.0826. The fourth-order valence-electron chi connectivity index (χ4n) is 2.10. The monoisotopic (exact) mass is 230 g/mol. The third-order valence-electron chi connectivity index (χ3n) is 3.22. The molecule has 16 heavy (non-hydrogen) atoms. The Kier molecular flexibility index (Phi) is 7.01. The van der Waals surface area contributed by atoms with Crippen molar-refractivity contribution in [1.82, 2.24) is 0 Å². The zero-order valence-electron chi connectivity index (χ0n) is 10.7. The first-order valence-corrected chi connectivity index (χ1v) is 6.61. The number of rotatable bonds is 7. The van der Waals surface area contributed by atoms with E-state index in [-0.39, 0.29) is 12.2 Å². The Morgan fingerprint density at radius 1 is 1.19 bits per heavy atom. The number of unbranched alkanes of at least 4 members (excludes halogenated alkanes) is 1. The van der Waals surface area contributed by atoms with E-state index in [4.69, 9.17) is 9.47 Å². The second kappa shape index (κ2) is 8.04. The predicted molar refractivity (Wildman–Crippen MR) is 64.5 cm³/mol. The van der Waals surface area contributed by atoms with E-state index in [0.29, 0.717) is 19.1 Å². The van der Waals surface area contributed by atoms with Crippen LogP contribution in [0.4, 0.5) is 0 Å². The lowest BCUT2D eigenvalue weighted by Gasteiger charge is -2.31. The molecular formula is C13H26O3. The Bertz CT molecular complexity index is 173. The molecule has 1 aliphatic rings. The summed E-state index contributed by atoms with van der Waals surface area (Å²) in [7, 11) is 0. The summed E-state index contributed by atoms with van der Waals surface area (Å²) in [4.78, 5) is 0. The summed E-state index contributed by atoms with van der Waals surface area (Å²) in [6.07, 6.45) is 5.01. The van der Waals surface area contributed by atoms with Gasteiger partial charge in [0.05, 0.1) is 25.4 Å². The maximum atomic E-state index is 9.76. The Hall–Kier alpha value is -0.120. The highest BCUT2D eigenvalue weighted by Crippen LogP contribution is 2.26. The normalized spacial score (nSPS) is 30.6. The number of hydrogen-bond donors (Lipinski definition) is 1. The van der Waals surface area contributed by atoms with Gasteiger partial charge in [0.25, 0.3) is 0 Å². The molecule has 0 heterocycles. The van der Waals surface area contributed by atoms with Crippen LogP contribution in [-0.2, 0) is 9.47 Å². The maximum Gasteiger partial charge on any atom is 0.0837 e. The molecule has 96 valence electrons. The largest absolute Gasteiger partial charge is 0.390 e. The molecule has 1 saturated carbocycles. The van der Waals surface area contributed by atoms with Gasteiger partial charge in [0.1, 0.15) is 0 Å². The molecular weight excluding hydrogens is 204 g/mol. The van der Waals surface area contributed by atoms with Crippen molar-refractivity contribution >= 4 is 0 Å². The van der Waals surface area contributed by atoms with Gasteiger partial charge in [-0.05, 0) is 31.6 Å². The van der Waals surface area contributed by atoms with Gasteiger partial charge in [-0.15, -0.1) is 0 Å². The average molecular weight is 230 g/mol. The number of hydrogen-bond acceptors (Lipinski definition) is 3. The van der Waals surface area contributed by atoms with Gasteiger partial charge in [0.15, 0.2) is 0 Å². The molecule has 0 aliphatic heterocycles. The average Bonchev–Trinajstić information content (AvgIpc) is 2.28. The van der Waals surface area contributed by atoms with Gasteiger partial charge in [0.2, 0.25) is 0 Å². The number of aliphatic hydroxyl groups is 1. The van der Waals surface area contributed by atoms with Crippen molar-refractivity contribution in [3.05, 3.63) is 0 Å². The molecule has 1 fully saturated rings. The molecule has 0 aromatic carbocycles. The highest BCUT2D eigenvalue weighted by molar-refractivity contribution is 4.78. The summed E-state index contributed by atoms with van der Waals surface area (Å²) in [6.45, 7) is 6.46. The van der Waals surface area contributed by atoms with Gasteiger partial charge < -0.3 is 14.6 Å². The molecule has 1 N–H and O–H groups in total. The minimum Gasteiger partial charge on any atom is -0.390 e. The molecule has 3 unspecified atom stereocenters. The Morgan fingerprint density at radius 2 is 2.00 bits per heavy atom. The van der Waals surface area contributed by atoms with Gasteiger partial charge in [-0.2, -0.15) is 0 Å². The molecule has 0 aromatic rings. The summed E-state index contributed by atoms with van der Waals surface area (Å²) < 4.78 is 11.1. The van der Waals surface area contributed by atoms with E-state index in [2.05, 4.69) is 13.8 Å². The van der Waals surface area contributed by atoms with E-state index in [9.17, 15) is 5.11 Å². The van der Waals surface area contributed by atoms with E-state index < -0.39 is 0 Å². The van der Waals surface area contributed by atoms with Crippen molar-refractivity contribution in [3.63, 3.8) is 0 Å². The van der Waals surface area contributed by atoms with Gasteiger partial charge in [-0.25, -0.2) is 0 Å². The minimum absolute atomic E-state index is 0.0264. The lowest BCUT2D eigenvalue weighted by Crippen LogP contribution is -2.36. The highest BCUT2D eigenvalue weighted by Gasteiger charge is 2.27. The fourth-order valence-corrected chi connectivity index (χ4v) is 2.10. The van der Waals surface area contributed by atoms with Crippen molar-refractivity contribution in [3.8, 4) is 0 Å². The van der Waals surface area contributed by atoms with Crippen LogP contribution in [-0.4, -0.2) is 37.1 Å². The second-order valence-electron chi connectivity index (χ2n) is 4.86. The molecule has 3 atom stereocenters. The third kappa shape index (κ3) is 5.28. The first-order chi connectivity index (χ1) is 7.74. The molecule has 0 saturated heterocycles. The van der Waals surface area contributed by atoms with Crippen LogP contribution in [0.25, 0.3) is 0 Å². The first kappa shape index (κ1) is 13.9. The molecule has 0 bridgehead atoms. The Morgan fingerprint density at radius 3 is 2.75 bits per heavy atom. The van der Waals surface area contributed by atoms with E-state index in [1.807, 2.05) is 0 Å². The zero-order valence-corrected chi connectivity index (χ0v) is 10.7. The molecule has 1 aliphatic carbocycles. The molecule has 0 radical (unpaired) electrons. The standard InChI is InChI=1S/C13H26O3/c1-3-4-7-15-8-9-16-13-10-11(2)5-6-12(13)14/h11-14H,3-10H2,1-2H3. The van der Waals surface area contributed by atoms with Crippen LogP contribution in [0.2, 0.25) is 0 Å². The number of aliphatic hydroxyl groups excluding tert-OH is 1. The molecule has 1 rings (SSSR count). The predicted octanol–water partition coefficient (Wildman–Crippen LogP) is 2.37. The molecule has 0 spiro atoms. The van der Waals surface area contributed by atoms with Crippen LogP contribution in [0.3, 0.4) is 0 Å². The van der Waals surface area contributed by atoms with Gasteiger partial charge in [-0.3, -0.25) is 0 Å². The molecule has 0 aromatic heterocycles. The van der Waals surface area contributed by atoms with Crippen LogP contribution < -0.4 is 0 Å². The summed E-state index contributed by atoms with van der Waals surface area (Å²) in [5.41, 5.74) is 0. The SMILES string of the molecule is CCCCOCCOC1CC(C)CCC1O. The van der Waals surface area contributed by atoms with E-state index in [0.717, 1.165) is 32.3 Å². The summed E-state index contributed by atoms with van der Waals surface area (Å²) in [6, 6.07) is 0. The van der Waals surface area contributed by atoms with E-state index >= 15 is 0 Å². The van der Waals surface area contributed by atoms with Crippen LogP contribution in [0.1, 0.15) is 46.0 Å². The Labute approximate surface area is 99.1 Å². The van der Waals surface area contributed by atoms with Crippen LogP contribution in [0.5, 0.6) is 0 Å². The minimum atomic E-state index is -0.271. The van der Waals surface area contributed by atoms with E-state index in [1.54, 1.807) is 0 Å². The maximum absolute atomic E-state index is 9.76. The Balaban J connectivity index is 2.02. The second-order valence-corrected chi connectivity index (χ2v) is 4.86. The molecule has 3 heteroatoms. The van der Waals surface area contributed by atoms with Gasteiger partial charge >= 0.3 is 0 Å². The van der Waals surface area contributed by atoms with E-state index in [1.165, 1.54) is 6.42 Å². The van der Waals surface area contributed by atoms with Gasteiger partial charge in [0, 0.05) is 6.61 Å². The highest BCUT2D eigenvalue weighted by atomic mass is 16.5. The number of ether oxygens (including phenoxy) is 2. The van der Waals surface area contributed by atoms with Crippen LogP contribution in [0, 0.1) is 5.92 Å². The van der Waals surface area contributed by atoms with Crippen molar-refractivity contribution in [2.24, 2.45) is 5.92 Å². The summed E-state index contributed by atoms with van der Waals surface area (Å²) in [5, 5.41) is 9.76. The van der Waals surface area contributed by atoms with Crippen molar-refractivity contribution < 1.29 is 14.6 Å². The molecule has 3 nitrogen and oxygen atoms in total. The summed E-state index contributed by atoms with van der Waals surface area (Å²) >= 11 is 0. The molecule has 0 amide bonds. The quantitative estimate of drug-likeness (QED) is 0.682. The lowest BCUT2D eigenvalue weighted by atomic mass is 9.86. The zero-order chi connectivity index (χ0) is 11.8. The topological polar surface area (TPSA) is 38.7 Å². The first-order valence-electron chi connectivity index (χ1n) is 6.61. The third-order valence-corrected chi connectivity index (χ3v) is 3.22.